The van der Waals surface area contributed by atoms with Crippen LogP contribution in [0.5, 0.6) is 0 Å². The van der Waals surface area contributed by atoms with Crippen LogP contribution in [0.15, 0.2) is 42.7 Å². The Bertz CT molecular complexity index is 583. The molecule has 2 nitrogen and oxygen atoms in total. The summed E-state index contributed by atoms with van der Waals surface area (Å²) in [5.74, 6) is 3.65. The molecule has 0 aliphatic heterocycles. The smallest absolute Gasteiger partial charge is 0.289 e. The normalized spacial score (nSPS) is 10.7. The van der Waals surface area contributed by atoms with E-state index in [1.165, 1.54) is 68.5 Å². The average Bonchev–Trinajstić information content (AvgIpc) is 3.07. The molecule has 0 N–H and O–H groups in total. The second-order valence-corrected chi connectivity index (χ2v) is 7.83. The Labute approximate surface area is 170 Å². The molecule has 0 atom stereocenters. The van der Waals surface area contributed by atoms with E-state index in [9.17, 15) is 0 Å². The molecule has 0 aliphatic carbocycles. The molecule has 0 saturated heterocycles. The van der Waals surface area contributed by atoms with Gasteiger partial charge in [-0.3, -0.25) is 0 Å². The predicted octanol–water partition coefficient (Wildman–Crippen LogP) is 3.30. The molecule has 1 heterocycles. The molecule has 0 unspecified atom stereocenters. The maximum Gasteiger partial charge on any atom is 0.289 e. The van der Waals surface area contributed by atoms with Crippen molar-refractivity contribution in [2.24, 2.45) is 0 Å². The lowest BCUT2D eigenvalue weighted by Gasteiger charge is -2.05. The zero-order valence-corrected chi connectivity index (χ0v) is 18.1. The van der Waals surface area contributed by atoms with Gasteiger partial charge in [0.1, 0.15) is 18.3 Å². The Morgan fingerprint density at radius 3 is 2.19 bits per heavy atom. The summed E-state index contributed by atoms with van der Waals surface area (Å²) in [6.45, 7) is 5.51. The van der Waals surface area contributed by atoms with Crippen molar-refractivity contribution in [1.82, 2.24) is 4.57 Å². The highest BCUT2D eigenvalue weighted by atomic mass is 35.5. The second-order valence-electron chi connectivity index (χ2n) is 6.76. The van der Waals surface area contributed by atoms with Crippen molar-refractivity contribution in [3.8, 4) is 11.4 Å². The van der Waals surface area contributed by atoms with Gasteiger partial charge in [0, 0.05) is 0 Å². The lowest BCUT2D eigenvalue weighted by atomic mass is 10.1. The van der Waals surface area contributed by atoms with Gasteiger partial charge in [0.05, 0.1) is 12.1 Å². The number of halogens is 1. The van der Waals surface area contributed by atoms with Crippen molar-refractivity contribution in [3.63, 3.8) is 0 Å². The fourth-order valence-electron chi connectivity index (χ4n) is 3.25. The second kappa shape index (κ2) is 14.2. The molecule has 0 saturated carbocycles. The van der Waals surface area contributed by atoms with E-state index in [2.05, 4.69) is 77.5 Å². The summed E-state index contributed by atoms with van der Waals surface area (Å²) in [4.78, 5) is 0. The highest BCUT2D eigenvalue weighted by Crippen LogP contribution is 2.17. The van der Waals surface area contributed by atoms with Crippen LogP contribution < -0.4 is 17.0 Å². The van der Waals surface area contributed by atoms with Crippen LogP contribution in [-0.4, -0.2) is 10.3 Å². The van der Waals surface area contributed by atoms with Crippen LogP contribution in [0.1, 0.15) is 65.2 Å². The number of unbranched alkanes of at least 4 members (excludes halogenated alkanes) is 7. The average molecular weight is 395 g/mol. The van der Waals surface area contributed by atoms with Crippen LogP contribution in [-0.2, 0) is 12.4 Å². The SMILES string of the molecule is CCCCCCCCCCSC[n+]1ccn(CC)c1-c1ccccc1.[Cl-]. The highest BCUT2D eigenvalue weighted by molar-refractivity contribution is 7.98. The minimum atomic E-state index is 0. The molecule has 4 heteroatoms. The summed E-state index contributed by atoms with van der Waals surface area (Å²) in [5, 5.41) is 0. The topological polar surface area (TPSA) is 8.81 Å². The highest BCUT2D eigenvalue weighted by Gasteiger charge is 2.17. The van der Waals surface area contributed by atoms with Gasteiger partial charge in [0.25, 0.3) is 5.82 Å². The standard InChI is InChI=1S/C22H35N2S.ClH/c1-3-5-6-7-8-9-10-14-19-25-20-24-18-17-23(4-2)22(24)21-15-12-11-13-16-21;/h11-13,15-18H,3-10,14,19-20H2,1-2H3;1H/q+1;/p-1. The van der Waals surface area contributed by atoms with Crippen LogP contribution in [0.4, 0.5) is 0 Å². The molecular weight excluding hydrogens is 360 g/mol. The Balaban J connectivity index is 0.00000338. The van der Waals surface area contributed by atoms with Gasteiger partial charge in [0.2, 0.25) is 0 Å². The van der Waals surface area contributed by atoms with E-state index < -0.39 is 0 Å². The van der Waals surface area contributed by atoms with Gasteiger partial charge < -0.3 is 12.4 Å². The van der Waals surface area contributed by atoms with Crippen LogP contribution >= 0.6 is 11.8 Å². The first-order valence-corrected chi connectivity index (χ1v) is 11.2. The quantitative estimate of drug-likeness (QED) is 0.374. The lowest BCUT2D eigenvalue weighted by molar-refractivity contribution is -0.664. The van der Waals surface area contributed by atoms with Gasteiger partial charge in [-0.2, -0.15) is 0 Å². The molecule has 0 radical (unpaired) electrons. The number of hydrogen-bond acceptors (Lipinski definition) is 1. The van der Waals surface area contributed by atoms with Crippen molar-refractivity contribution in [2.45, 2.75) is 77.6 Å². The molecule has 26 heavy (non-hydrogen) atoms. The summed E-state index contributed by atoms with van der Waals surface area (Å²) >= 11 is 2.06. The predicted molar refractivity (Wildman–Crippen MR) is 111 cm³/mol. The van der Waals surface area contributed by atoms with E-state index in [0.717, 1.165) is 12.4 Å². The molecule has 146 valence electrons. The van der Waals surface area contributed by atoms with Gasteiger partial charge >= 0.3 is 0 Å². The Morgan fingerprint density at radius 2 is 1.54 bits per heavy atom. The van der Waals surface area contributed by atoms with Crippen molar-refractivity contribution in [3.05, 3.63) is 42.7 Å². The van der Waals surface area contributed by atoms with E-state index in [1.807, 2.05) is 0 Å². The monoisotopic (exact) mass is 394 g/mol. The van der Waals surface area contributed by atoms with Crippen LogP contribution in [0, 0.1) is 0 Å². The number of rotatable bonds is 13. The molecule has 2 aromatic rings. The van der Waals surface area contributed by atoms with Crippen molar-refractivity contribution in [2.75, 3.05) is 5.75 Å². The summed E-state index contributed by atoms with van der Waals surface area (Å²) in [6, 6.07) is 10.8. The van der Waals surface area contributed by atoms with E-state index in [-0.39, 0.29) is 12.4 Å². The first-order chi connectivity index (χ1) is 12.4. The van der Waals surface area contributed by atoms with Crippen molar-refractivity contribution in [1.29, 1.82) is 0 Å². The Morgan fingerprint density at radius 1 is 0.885 bits per heavy atom. The van der Waals surface area contributed by atoms with E-state index in [1.54, 1.807) is 0 Å². The molecule has 0 amide bonds. The van der Waals surface area contributed by atoms with Crippen molar-refractivity contribution < 1.29 is 17.0 Å². The molecule has 0 spiro atoms. The van der Waals surface area contributed by atoms with Gasteiger partial charge in [0.15, 0.2) is 0 Å². The van der Waals surface area contributed by atoms with Gasteiger partial charge in [-0.25, -0.2) is 9.13 Å². The third kappa shape index (κ3) is 7.75. The van der Waals surface area contributed by atoms with E-state index in [4.69, 9.17) is 0 Å². The fourth-order valence-corrected chi connectivity index (χ4v) is 4.19. The fraction of sp³-hybridized carbons (Fsp3) is 0.591. The molecular formula is C22H35ClN2S. The minimum Gasteiger partial charge on any atom is -1.00 e. The molecule has 1 aromatic carbocycles. The maximum atomic E-state index is 2.40. The van der Waals surface area contributed by atoms with Crippen LogP contribution in [0.3, 0.4) is 0 Å². The first kappa shape index (κ1) is 23.1. The van der Waals surface area contributed by atoms with E-state index in [0.29, 0.717) is 0 Å². The Hall–Kier alpha value is -0.930. The summed E-state index contributed by atoms with van der Waals surface area (Å²) in [7, 11) is 0. The zero-order chi connectivity index (χ0) is 17.7. The molecule has 0 bridgehead atoms. The zero-order valence-electron chi connectivity index (χ0n) is 16.5. The summed E-state index contributed by atoms with van der Waals surface area (Å²) < 4.78 is 4.74. The van der Waals surface area contributed by atoms with Gasteiger partial charge in [-0.1, -0.05) is 70.1 Å². The minimum absolute atomic E-state index is 0. The number of hydrogen-bond donors (Lipinski definition) is 0. The number of aromatic nitrogens is 2. The van der Waals surface area contributed by atoms with Crippen molar-refractivity contribution >= 4 is 11.8 Å². The van der Waals surface area contributed by atoms with E-state index >= 15 is 0 Å². The van der Waals surface area contributed by atoms with Crippen LogP contribution in [0.25, 0.3) is 11.4 Å². The number of thioether (sulfide) groups is 1. The Kier molecular flexibility index (Phi) is 12.6. The number of imidazole rings is 1. The maximum absolute atomic E-state index is 2.40. The van der Waals surface area contributed by atoms with Crippen LogP contribution in [0.2, 0.25) is 0 Å². The number of benzene rings is 1. The molecule has 0 fully saturated rings. The lowest BCUT2D eigenvalue weighted by Crippen LogP contribution is -3.00. The van der Waals surface area contributed by atoms with Gasteiger partial charge in [-0.05, 0) is 31.2 Å². The third-order valence-electron chi connectivity index (χ3n) is 4.72. The number of nitrogens with zero attached hydrogens (tertiary/aromatic N) is 2. The summed E-state index contributed by atoms with van der Waals surface area (Å²) in [5.41, 5.74) is 1.31. The molecule has 0 aliphatic rings. The molecule has 2 rings (SSSR count). The van der Waals surface area contributed by atoms with Gasteiger partial charge in [-0.15, -0.1) is 11.8 Å². The molecule has 1 aromatic heterocycles. The number of aryl methyl sites for hydroxylation is 1. The first-order valence-electron chi connectivity index (χ1n) is 10.1. The largest absolute Gasteiger partial charge is 1.00 e. The third-order valence-corrected chi connectivity index (χ3v) is 5.75. The summed E-state index contributed by atoms with van der Waals surface area (Å²) in [6.07, 6.45) is 15.6.